The van der Waals surface area contributed by atoms with E-state index in [0.717, 1.165) is 22.0 Å². The van der Waals surface area contributed by atoms with E-state index in [1.807, 2.05) is 61.5 Å². The fourth-order valence-electron chi connectivity index (χ4n) is 2.43. The number of fused-ring (bicyclic) bond motifs is 1. The molecule has 25 heavy (non-hydrogen) atoms. The van der Waals surface area contributed by atoms with Crippen LogP contribution in [0.25, 0.3) is 10.9 Å². The van der Waals surface area contributed by atoms with E-state index in [-0.39, 0.29) is 18.3 Å². The number of ether oxygens (including phenoxy) is 1. The summed E-state index contributed by atoms with van der Waals surface area (Å²) in [4.78, 5) is 16.5. The number of aromatic nitrogens is 1. The molecular formula is C20H16N2O2S. The fraction of sp³-hybridized carbons (Fsp3) is 0.150. The van der Waals surface area contributed by atoms with Crippen molar-refractivity contribution in [2.45, 2.75) is 18.6 Å². The minimum Gasteiger partial charge on any atom is -0.460 e. The lowest BCUT2D eigenvalue weighted by atomic mass is 10.1. The van der Waals surface area contributed by atoms with Gasteiger partial charge in [-0.05, 0) is 24.1 Å². The van der Waals surface area contributed by atoms with Gasteiger partial charge < -0.3 is 4.74 Å². The molecule has 0 radical (unpaired) electrons. The Hall–Kier alpha value is -2.84. The summed E-state index contributed by atoms with van der Waals surface area (Å²) in [5.41, 5.74) is 3.30. The Morgan fingerprint density at radius 3 is 2.76 bits per heavy atom. The molecular weight excluding hydrogens is 332 g/mol. The molecule has 0 bridgehead atoms. The zero-order valence-electron chi connectivity index (χ0n) is 13.7. The van der Waals surface area contributed by atoms with E-state index in [4.69, 9.17) is 4.74 Å². The van der Waals surface area contributed by atoms with E-state index >= 15 is 0 Å². The van der Waals surface area contributed by atoms with Crippen molar-refractivity contribution in [1.29, 1.82) is 5.26 Å². The maximum Gasteiger partial charge on any atom is 0.316 e. The highest BCUT2D eigenvalue weighted by atomic mass is 32.2. The van der Waals surface area contributed by atoms with Gasteiger partial charge in [0.1, 0.15) is 17.7 Å². The molecule has 0 saturated carbocycles. The predicted molar refractivity (Wildman–Crippen MR) is 98.2 cm³/mol. The molecule has 5 heteroatoms. The third-order valence-electron chi connectivity index (χ3n) is 3.70. The van der Waals surface area contributed by atoms with Crippen molar-refractivity contribution in [2.24, 2.45) is 0 Å². The van der Waals surface area contributed by atoms with Crippen molar-refractivity contribution in [2.75, 3.05) is 5.75 Å². The average Bonchev–Trinajstić information content (AvgIpc) is 2.65. The SMILES string of the molecule is Cc1cccc2cc(C#N)c(SCC(=O)OCc3ccccc3)nc12. The smallest absolute Gasteiger partial charge is 0.316 e. The quantitative estimate of drug-likeness (QED) is 0.509. The van der Waals surface area contributed by atoms with Crippen LogP contribution >= 0.6 is 11.8 Å². The minimum atomic E-state index is -0.329. The van der Waals surface area contributed by atoms with Crippen LogP contribution < -0.4 is 0 Å². The number of nitriles is 1. The monoisotopic (exact) mass is 348 g/mol. The summed E-state index contributed by atoms with van der Waals surface area (Å²) in [5.74, 6) is -0.212. The van der Waals surface area contributed by atoms with Crippen molar-refractivity contribution >= 4 is 28.6 Å². The van der Waals surface area contributed by atoms with Gasteiger partial charge in [-0.3, -0.25) is 4.79 Å². The summed E-state index contributed by atoms with van der Waals surface area (Å²) in [7, 11) is 0. The Labute approximate surface area is 150 Å². The van der Waals surface area contributed by atoms with Gasteiger partial charge >= 0.3 is 5.97 Å². The normalized spacial score (nSPS) is 10.4. The maximum absolute atomic E-state index is 12.0. The Morgan fingerprint density at radius 2 is 2.00 bits per heavy atom. The number of thioether (sulfide) groups is 1. The zero-order chi connectivity index (χ0) is 17.6. The maximum atomic E-state index is 12.0. The van der Waals surface area contributed by atoms with Crippen LogP contribution in [0.4, 0.5) is 0 Å². The number of hydrogen-bond acceptors (Lipinski definition) is 5. The van der Waals surface area contributed by atoms with Gasteiger partial charge in [0.25, 0.3) is 0 Å². The van der Waals surface area contributed by atoms with E-state index in [2.05, 4.69) is 11.1 Å². The first-order valence-electron chi connectivity index (χ1n) is 7.80. The summed E-state index contributed by atoms with van der Waals surface area (Å²) < 4.78 is 5.26. The highest BCUT2D eigenvalue weighted by Crippen LogP contribution is 2.26. The molecule has 1 aromatic heterocycles. The van der Waals surface area contributed by atoms with Crippen molar-refractivity contribution in [3.63, 3.8) is 0 Å². The summed E-state index contributed by atoms with van der Waals surface area (Å²) in [6.07, 6.45) is 0. The molecule has 0 aliphatic carbocycles. The highest BCUT2D eigenvalue weighted by Gasteiger charge is 2.12. The van der Waals surface area contributed by atoms with Crippen LogP contribution in [0.3, 0.4) is 0 Å². The van der Waals surface area contributed by atoms with Gasteiger partial charge in [0.2, 0.25) is 0 Å². The number of carbonyl (C=O) groups excluding carboxylic acids is 1. The van der Waals surface area contributed by atoms with E-state index < -0.39 is 0 Å². The molecule has 0 aliphatic rings. The number of carbonyl (C=O) groups is 1. The second-order valence-electron chi connectivity index (χ2n) is 5.53. The van der Waals surface area contributed by atoms with E-state index in [1.54, 1.807) is 0 Å². The topological polar surface area (TPSA) is 63.0 Å². The van der Waals surface area contributed by atoms with Crippen LogP contribution in [0.5, 0.6) is 0 Å². The largest absolute Gasteiger partial charge is 0.460 e. The molecule has 3 aromatic rings. The number of benzene rings is 2. The van der Waals surface area contributed by atoms with Crippen molar-refractivity contribution in [3.8, 4) is 6.07 Å². The number of nitrogens with zero attached hydrogens (tertiary/aromatic N) is 2. The average molecular weight is 348 g/mol. The van der Waals surface area contributed by atoms with Crippen LogP contribution in [0.1, 0.15) is 16.7 Å². The van der Waals surface area contributed by atoms with E-state index in [1.165, 1.54) is 11.8 Å². The Bertz CT molecular complexity index is 949. The molecule has 0 unspecified atom stereocenters. The molecule has 124 valence electrons. The molecule has 0 aliphatic heterocycles. The Morgan fingerprint density at radius 1 is 1.20 bits per heavy atom. The van der Waals surface area contributed by atoms with Gasteiger partial charge in [0.05, 0.1) is 16.8 Å². The molecule has 0 N–H and O–H groups in total. The fourth-order valence-corrected chi connectivity index (χ4v) is 3.18. The zero-order valence-corrected chi connectivity index (χ0v) is 14.5. The first-order chi connectivity index (χ1) is 12.2. The Kier molecular flexibility index (Phi) is 5.32. The first-order valence-corrected chi connectivity index (χ1v) is 8.79. The summed E-state index contributed by atoms with van der Waals surface area (Å²) in [5, 5.41) is 10.8. The molecule has 0 saturated heterocycles. The van der Waals surface area contributed by atoms with Gasteiger partial charge in [-0.1, -0.05) is 60.3 Å². The van der Waals surface area contributed by atoms with Crippen molar-refractivity contribution in [3.05, 3.63) is 71.3 Å². The van der Waals surface area contributed by atoms with Crippen LogP contribution in [-0.4, -0.2) is 16.7 Å². The lowest BCUT2D eigenvalue weighted by Crippen LogP contribution is -2.07. The molecule has 0 spiro atoms. The third kappa shape index (κ3) is 4.17. The number of aryl methyl sites for hydroxylation is 1. The van der Waals surface area contributed by atoms with Crippen LogP contribution in [0.15, 0.2) is 59.6 Å². The lowest BCUT2D eigenvalue weighted by Gasteiger charge is -2.08. The van der Waals surface area contributed by atoms with Gasteiger partial charge in [-0.2, -0.15) is 5.26 Å². The number of rotatable bonds is 5. The van der Waals surface area contributed by atoms with Gasteiger partial charge in [0, 0.05) is 5.39 Å². The molecule has 4 nitrogen and oxygen atoms in total. The van der Waals surface area contributed by atoms with Crippen LogP contribution in [0, 0.1) is 18.3 Å². The molecule has 2 aromatic carbocycles. The van der Waals surface area contributed by atoms with Crippen LogP contribution in [-0.2, 0) is 16.1 Å². The summed E-state index contributed by atoms with van der Waals surface area (Å²) in [6.45, 7) is 2.22. The Balaban J connectivity index is 1.69. The van der Waals surface area contributed by atoms with Crippen molar-refractivity contribution in [1.82, 2.24) is 4.98 Å². The van der Waals surface area contributed by atoms with E-state index in [9.17, 15) is 10.1 Å². The molecule has 1 heterocycles. The first kappa shape index (κ1) is 17.0. The van der Waals surface area contributed by atoms with Gasteiger partial charge in [-0.25, -0.2) is 4.98 Å². The molecule has 0 atom stereocenters. The molecule has 0 fully saturated rings. The number of hydrogen-bond donors (Lipinski definition) is 0. The minimum absolute atomic E-state index is 0.117. The lowest BCUT2D eigenvalue weighted by molar-refractivity contribution is -0.141. The number of para-hydroxylation sites is 1. The number of esters is 1. The molecule has 3 rings (SSSR count). The second kappa shape index (κ2) is 7.82. The second-order valence-corrected chi connectivity index (χ2v) is 6.50. The van der Waals surface area contributed by atoms with Gasteiger partial charge in [-0.15, -0.1) is 0 Å². The summed E-state index contributed by atoms with van der Waals surface area (Å²) >= 11 is 1.23. The number of pyridine rings is 1. The van der Waals surface area contributed by atoms with Crippen LogP contribution in [0.2, 0.25) is 0 Å². The highest BCUT2D eigenvalue weighted by molar-refractivity contribution is 7.99. The van der Waals surface area contributed by atoms with Crippen molar-refractivity contribution < 1.29 is 9.53 Å². The molecule has 0 amide bonds. The van der Waals surface area contributed by atoms with Gasteiger partial charge in [0.15, 0.2) is 0 Å². The standard InChI is InChI=1S/C20H16N2O2S/c1-14-6-5-9-16-10-17(11-21)20(22-19(14)16)25-13-18(23)24-12-15-7-3-2-4-8-15/h2-10H,12-13H2,1H3. The third-order valence-corrected chi connectivity index (χ3v) is 4.67. The summed E-state index contributed by atoms with van der Waals surface area (Å²) in [6, 6.07) is 19.3. The van der Waals surface area contributed by atoms with E-state index in [0.29, 0.717) is 10.6 Å². The predicted octanol–water partition coefficient (Wildman–Crippen LogP) is 4.25.